The summed E-state index contributed by atoms with van der Waals surface area (Å²) in [5, 5.41) is 3.07. The number of ether oxygens (including phenoxy) is 1. The lowest BCUT2D eigenvalue weighted by Crippen LogP contribution is -2.36. The maximum absolute atomic E-state index is 12.0. The standard InChI is InChI=1S/C17H24N2O2/c20-17(15-3-1-2-4-15)18-13-14-5-7-16(8-6-14)19-9-11-21-12-10-19/h5-8,15H,1-4,9-13H2,(H,18,20). The summed E-state index contributed by atoms with van der Waals surface area (Å²) in [5.41, 5.74) is 2.41. The fraction of sp³-hybridized carbons (Fsp3) is 0.588. The average molecular weight is 288 g/mol. The Labute approximate surface area is 126 Å². The number of hydrogen-bond acceptors (Lipinski definition) is 3. The fourth-order valence-corrected chi connectivity index (χ4v) is 3.17. The minimum Gasteiger partial charge on any atom is -0.378 e. The van der Waals surface area contributed by atoms with Crippen LogP contribution in [-0.2, 0) is 16.1 Å². The first-order valence-electron chi connectivity index (χ1n) is 8.02. The highest BCUT2D eigenvalue weighted by atomic mass is 16.5. The molecule has 4 nitrogen and oxygen atoms in total. The molecule has 1 aliphatic carbocycles. The van der Waals surface area contributed by atoms with Crippen LogP contribution in [0.5, 0.6) is 0 Å². The van der Waals surface area contributed by atoms with Crippen LogP contribution in [0.15, 0.2) is 24.3 Å². The monoisotopic (exact) mass is 288 g/mol. The third kappa shape index (κ3) is 3.76. The first kappa shape index (κ1) is 14.4. The van der Waals surface area contributed by atoms with Crippen LogP contribution in [0.3, 0.4) is 0 Å². The summed E-state index contributed by atoms with van der Waals surface area (Å²) < 4.78 is 5.37. The minimum absolute atomic E-state index is 0.227. The van der Waals surface area contributed by atoms with Crippen LogP contribution in [0.25, 0.3) is 0 Å². The molecule has 0 unspecified atom stereocenters. The zero-order valence-corrected chi connectivity index (χ0v) is 12.5. The van der Waals surface area contributed by atoms with Gasteiger partial charge in [-0.3, -0.25) is 4.79 Å². The Morgan fingerprint density at radius 3 is 2.48 bits per heavy atom. The molecule has 0 radical (unpaired) electrons. The van der Waals surface area contributed by atoms with Gasteiger partial charge in [0.2, 0.25) is 5.91 Å². The molecule has 0 aromatic heterocycles. The molecule has 1 aromatic carbocycles. The van der Waals surface area contributed by atoms with E-state index in [-0.39, 0.29) is 11.8 Å². The molecule has 1 heterocycles. The van der Waals surface area contributed by atoms with Crippen molar-refractivity contribution >= 4 is 11.6 Å². The number of carbonyl (C=O) groups is 1. The molecule has 1 aromatic rings. The lowest BCUT2D eigenvalue weighted by molar-refractivity contribution is -0.124. The number of benzene rings is 1. The Balaban J connectivity index is 1.50. The zero-order valence-electron chi connectivity index (χ0n) is 12.5. The highest BCUT2D eigenvalue weighted by molar-refractivity contribution is 5.78. The van der Waals surface area contributed by atoms with Gasteiger partial charge in [-0.15, -0.1) is 0 Å². The summed E-state index contributed by atoms with van der Waals surface area (Å²) in [7, 11) is 0. The van der Waals surface area contributed by atoms with Gasteiger partial charge in [0.05, 0.1) is 13.2 Å². The van der Waals surface area contributed by atoms with Crippen molar-refractivity contribution in [3.63, 3.8) is 0 Å². The number of hydrogen-bond donors (Lipinski definition) is 1. The molecule has 0 atom stereocenters. The molecule has 2 aliphatic rings. The first-order valence-corrected chi connectivity index (χ1v) is 8.02. The number of amides is 1. The van der Waals surface area contributed by atoms with E-state index in [0.29, 0.717) is 6.54 Å². The lowest BCUT2D eigenvalue weighted by Gasteiger charge is -2.28. The van der Waals surface area contributed by atoms with Gasteiger partial charge in [-0.05, 0) is 30.5 Å². The maximum atomic E-state index is 12.0. The first-order chi connectivity index (χ1) is 10.3. The molecular weight excluding hydrogens is 264 g/mol. The van der Waals surface area contributed by atoms with Crippen molar-refractivity contribution < 1.29 is 9.53 Å². The van der Waals surface area contributed by atoms with Crippen LogP contribution >= 0.6 is 0 Å². The van der Waals surface area contributed by atoms with Gasteiger partial charge in [0.1, 0.15) is 0 Å². The molecular formula is C17H24N2O2. The molecule has 0 bridgehead atoms. The van der Waals surface area contributed by atoms with E-state index in [0.717, 1.165) is 39.1 Å². The van der Waals surface area contributed by atoms with Gasteiger partial charge < -0.3 is 15.0 Å². The van der Waals surface area contributed by atoms with Gasteiger partial charge in [0, 0.05) is 31.2 Å². The predicted molar refractivity (Wildman–Crippen MR) is 83.3 cm³/mol. The number of anilines is 1. The number of rotatable bonds is 4. The Bertz CT molecular complexity index is 460. The van der Waals surface area contributed by atoms with Crippen molar-refractivity contribution in [1.29, 1.82) is 0 Å². The Morgan fingerprint density at radius 2 is 1.81 bits per heavy atom. The fourth-order valence-electron chi connectivity index (χ4n) is 3.17. The minimum atomic E-state index is 0.227. The van der Waals surface area contributed by atoms with Crippen LogP contribution < -0.4 is 10.2 Å². The summed E-state index contributed by atoms with van der Waals surface area (Å²) in [5.74, 6) is 0.474. The normalized spacial score (nSPS) is 19.7. The molecule has 114 valence electrons. The number of nitrogens with zero attached hydrogens (tertiary/aromatic N) is 1. The molecule has 4 heteroatoms. The van der Waals surface area contributed by atoms with Crippen molar-refractivity contribution in [2.45, 2.75) is 32.2 Å². The van der Waals surface area contributed by atoms with Gasteiger partial charge in [-0.1, -0.05) is 25.0 Å². The zero-order chi connectivity index (χ0) is 14.5. The third-order valence-electron chi connectivity index (χ3n) is 4.51. The second-order valence-electron chi connectivity index (χ2n) is 5.97. The van der Waals surface area contributed by atoms with Crippen molar-refractivity contribution in [3.8, 4) is 0 Å². The molecule has 1 saturated heterocycles. The second kappa shape index (κ2) is 6.94. The van der Waals surface area contributed by atoms with Crippen LogP contribution in [0.1, 0.15) is 31.2 Å². The van der Waals surface area contributed by atoms with E-state index in [4.69, 9.17) is 4.74 Å². The van der Waals surface area contributed by atoms with Crippen molar-refractivity contribution in [2.24, 2.45) is 5.92 Å². The summed E-state index contributed by atoms with van der Waals surface area (Å²) in [6.45, 7) is 4.16. The van der Waals surface area contributed by atoms with E-state index >= 15 is 0 Å². The van der Waals surface area contributed by atoms with E-state index in [2.05, 4.69) is 34.5 Å². The summed E-state index contributed by atoms with van der Waals surface area (Å²) in [4.78, 5) is 14.3. The molecule has 21 heavy (non-hydrogen) atoms. The van der Waals surface area contributed by atoms with Crippen molar-refractivity contribution in [2.75, 3.05) is 31.2 Å². The molecule has 1 N–H and O–H groups in total. The second-order valence-corrected chi connectivity index (χ2v) is 5.97. The summed E-state index contributed by atoms with van der Waals surface area (Å²) in [6.07, 6.45) is 4.52. The van der Waals surface area contributed by atoms with E-state index in [1.165, 1.54) is 24.1 Å². The molecule has 1 amide bonds. The van der Waals surface area contributed by atoms with Crippen LogP contribution in [-0.4, -0.2) is 32.2 Å². The highest BCUT2D eigenvalue weighted by Gasteiger charge is 2.22. The number of nitrogens with one attached hydrogen (secondary N) is 1. The Kier molecular flexibility index (Phi) is 4.76. The van der Waals surface area contributed by atoms with Gasteiger partial charge in [0.15, 0.2) is 0 Å². The third-order valence-corrected chi connectivity index (χ3v) is 4.51. The van der Waals surface area contributed by atoms with E-state index in [1.807, 2.05) is 0 Å². The number of morpholine rings is 1. The van der Waals surface area contributed by atoms with E-state index < -0.39 is 0 Å². The van der Waals surface area contributed by atoms with Gasteiger partial charge in [-0.2, -0.15) is 0 Å². The lowest BCUT2D eigenvalue weighted by atomic mass is 10.1. The van der Waals surface area contributed by atoms with Gasteiger partial charge >= 0.3 is 0 Å². The molecule has 1 saturated carbocycles. The summed E-state index contributed by atoms with van der Waals surface area (Å²) >= 11 is 0. The van der Waals surface area contributed by atoms with E-state index in [9.17, 15) is 4.79 Å². The quantitative estimate of drug-likeness (QED) is 0.924. The topological polar surface area (TPSA) is 41.6 Å². The van der Waals surface area contributed by atoms with Crippen LogP contribution in [0.4, 0.5) is 5.69 Å². The van der Waals surface area contributed by atoms with Crippen LogP contribution in [0.2, 0.25) is 0 Å². The maximum Gasteiger partial charge on any atom is 0.223 e. The van der Waals surface area contributed by atoms with E-state index in [1.54, 1.807) is 0 Å². The van der Waals surface area contributed by atoms with Crippen molar-refractivity contribution in [3.05, 3.63) is 29.8 Å². The van der Waals surface area contributed by atoms with Gasteiger partial charge in [-0.25, -0.2) is 0 Å². The molecule has 2 fully saturated rings. The SMILES string of the molecule is O=C(NCc1ccc(N2CCOCC2)cc1)C1CCCC1. The molecule has 1 aliphatic heterocycles. The average Bonchev–Trinajstić information content (AvgIpc) is 3.08. The summed E-state index contributed by atoms with van der Waals surface area (Å²) in [6, 6.07) is 8.50. The highest BCUT2D eigenvalue weighted by Crippen LogP contribution is 2.24. The Morgan fingerprint density at radius 1 is 1.14 bits per heavy atom. The number of carbonyl (C=O) groups excluding carboxylic acids is 1. The van der Waals surface area contributed by atoms with Crippen molar-refractivity contribution in [1.82, 2.24) is 5.32 Å². The largest absolute Gasteiger partial charge is 0.378 e. The molecule has 0 spiro atoms. The smallest absolute Gasteiger partial charge is 0.223 e. The van der Waals surface area contributed by atoms with Crippen LogP contribution in [0, 0.1) is 5.92 Å². The molecule has 3 rings (SSSR count). The predicted octanol–water partition coefficient (Wildman–Crippen LogP) is 2.33. The van der Waals surface area contributed by atoms with Gasteiger partial charge in [0.25, 0.3) is 0 Å². The Hall–Kier alpha value is -1.55.